The van der Waals surface area contributed by atoms with Crippen molar-refractivity contribution in [1.29, 1.82) is 0 Å². The quantitative estimate of drug-likeness (QED) is 0.773. The molecule has 0 fully saturated rings. The second-order valence-corrected chi connectivity index (χ2v) is 4.82. The molecule has 2 N–H and O–H groups in total. The van der Waals surface area contributed by atoms with E-state index in [0.717, 1.165) is 12.5 Å². The molecule has 0 saturated heterocycles. The molecule has 1 heterocycles. The maximum absolute atomic E-state index is 13.4. The molecule has 0 spiro atoms. The zero-order valence-corrected chi connectivity index (χ0v) is 11.1. The molecule has 0 bridgehead atoms. The van der Waals surface area contributed by atoms with E-state index in [1.54, 1.807) is 0 Å². The van der Waals surface area contributed by atoms with E-state index >= 15 is 0 Å². The van der Waals surface area contributed by atoms with Gasteiger partial charge in [0, 0.05) is 6.42 Å². The number of benzene rings is 2. The van der Waals surface area contributed by atoms with Crippen LogP contribution < -0.4 is 0 Å². The van der Waals surface area contributed by atoms with Crippen LogP contribution in [0.2, 0.25) is 0 Å². The maximum Gasteiger partial charge on any atom is 0.338 e. The molecule has 0 atom stereocenters. The first-order valence-electron chi connectivity index (χ1n) is 6.59. The number of halogens is 1. The first-order valence-corrected chi connectivity index (χ1v) is 6.59. The SMILES string of the molecule is O=C(O)c1cc(F)cc2[nH]c(CCc3ccccc3)nc12. The van der Waals surface area contributed by atoms with Crippen molar-refractivity contribution in [2.24, 2.45) is 0 Å². The first kappa shape index (κ1) is 13.3. The molecule has 0 unspecified atom stereocenters. The van der Waals surface area contributed by atoms with Crippen molar-refractivity contribution in [3.05, 3.63) is 65.2 Å². The van der Waals surface area contributed by atoms with Crippen LogP contribution in [0.1, 0.15) is 21.7 Å². The molecule has 2 aromatic carbocycles. The third kappa shape index (κ3) is 2.76. The first-order chi connectivity index (χ1) is 10.1. The number of aryl methyl sites for hydroxylation is 2. The van der Waals surface area contributed by atoms with Gasteiger partial charge in [-0.25, -0.2) is 14.2 Å². The average molecular weight is 284 g/mol. The standard InChI is InChI=1S/C16H13FN2O2/c17-11-8-12(16(20)21)15-13(9-11)18-14(19-15)7-6-10-4-2-1-3-5-10/h1-5,8-9H,6-7H2,(H,18,19)(H,20,21). The number of aromatic amines is 1. The molecule has 4 nitrogen and oxygen atoms in total. The number of hydrogen-bond acceptors (Lipinski definition) is 2. The summed E-state index contributed by atoms with van der Waals surface area (Å²) in [6.45, 7) is 0. The molecule has 5 heteroatoms. The predicted molar refractivity (Wildman–Crippen MR) is 76.9 cm³/mol. The molecule has 21 heavy (non-hydrogen) atoms. The van der Waals surface area contributed by atoms with Crippen molar-refractivity contribution in [2.45, 2.75) is 12.8 Å². The normalized spacial score (nSPS) is 10.9. The Morgan fingerprint density at radius 3 is 2.67 bits per heavy atom. The topological polar surface area (TPSA) is 66.0 Å². The molecule has 0 aliphatic carbocycles. The lowest BCUT2D eigenvalue weighted by molar-refractivity contribution is 0.0698. The van der Waals surface area contributed by atoms with Gasteiger partial charge in [0.05, 0.1) is 11.1 Å². The van der Waals surface area contributed by atoms with Gasteiger partial charge in [-0.1, -0.05) is 30.3 Å². The van der Waals surface area contributed by atoms with E-state index in [1.807, 2.05) is 30.3 Å². The third-order valence-corrected chi connectivity index (χ3v) is 3.32. The highest BCUT2D eigenvalue weighted by Crippen LogP contribution is 2.19. The molecule has 0 amide bonds. The van der Waals surface area contributed by atoms with E-state index in [1.165, 1.54) is 11.6 Å². The zero-order valence-electron chi connectivity index (χ0n) is 11.1. The van der Waals surface area contributed by atoms with E-state index in [4.69, 9.17) is 5.11 Å². The van der Waals surface area contributed by atoms with Crippen LogP contribution in [-0.4, -0.2) is 21.0 Å². The summed E-state index contributed by atoms with van der Waals surface area (Å²) in [7, 11) is 0. The van der Waals surface area contributed by atoms with Crippen LogP contribution in [0.4, 0.5) is 4.39 Å². The molecule has 106 valence electrons. The van der Waals surface area contributed by atoms with Gasteiger partial charge in [-0.3, -0.25) is 0 Å². The molecule has 0 saturated carbocycles. The number of rotatable bonds is 4. The fourth-order valence-electron chi connectivity index (χ4n) is 2.32. The number of imidazole rings is 1. The number of carboxylic acids is 1. The van der Waals surface area contributed by atoms with Crippen molar-refractivity contribution < 1.29 is 14.3 Å². The highest BCUT2D eigenvalue weighted by Gasteiger charge is 2.14. The second-order valence-electron chi connectivity index (χ2n) is 4.82. The molecule has 0 aliphatic heterocycles. The van der Waals surface area contributed by atoms with Gasteiger partial charge in [0.15, 0.2) is 0 Å². The Hall–Kier alpha value is -2.69. The van der Waals surface area contributed by atoms with E-state index in [0.29, 0.717) is 23.3 Å². The van der Waals surface area contributed by atoms with Gasteiger partial charge in [-0.2, -0.15) is 0 Å². The van der Waals surface area contributed by atoms with Crippen molar-refractivity contribution in [3.8, 4) is 0 Å². The van der Waals surface area contributed by atoms with Gasteiger partial charge in [0.2, 0.25) is 0 Å². The highest BCUT2D eigenvalue weighted by atomic mass is 19.1. The summed E-state index contributed by atoms with van der Waals surface area (Å²) >= 11 is 0. The Kier molecular flexibility index (Phi) is 3.39. The number of carboxylic acid groups (broad SMARTS) is 1. The number of nitrogens with one attached hydrogen (secondary N) is 1. The van der Waals surface area contributed by atoms with Crippen molar-refractivity contribution in [2.75, 3.05) is 0 Å². The number of carbonyl (C=O) groups is 1. The van der Waals surface area contributed by atoms with Crippen molar-refractivity contribution in [1.82, 2.24) is 9.97 Å². The Morgan fingerprint density at radius 2 is 1.95 bits per heavy atom. The minimum Gasteiger partial charge on any atom is -0.478 e. The van der Waals surface area contributed by atoms with Crippen LogP contribution in [-0.2, 0) is 12.8 Å². The summed E-state index contributed by atoms with van der Waals surface area (Å²) < 4.78 is 13.4. The lowest BCUT2D eigenvalue weighted by atomic mass is 10.1. The lowest BCUT2D eigenvalue weighted by Gasteiger charge is -1.97. The summed E-state index contributed by atoms with van der Waals surface area (Å²) in [6, 6.07) is 12.2. The molecule has 0 radical (unpaired) electrons. The van der Waals surface area contributed by atoms with E-state index in [9.17, 15) is 9.18 Å². The number of aromatic carboxylic acids is 1. The molecule has 3 aromatic rings. The van der Waals surface area contributed by atoms with Crippen LogP contribution in [0.5, 0.6) is 0 Å². The monoisotopic (exact) mass is 284 g/mol. The fraction of sp³-hybridized carbons (Fsp3) is 0.125. The molecule has 1 aromatic heterocycles. The number of nitrogens with zero attached hydrogens (tertiary/aromatic N) is 1. The average Bonchev–Trinajstić information content (AvgIpc) is 2.87. The number of aromatic nitrogens is 2. The van der Waals surface area contributed by atoms with Gasteiger partial charge < -0.3 is 10.1 Å². The summed E-state index contributed by atoms with van der Waals surface area (Å²) in [4.78, 5) is 18.4. The van der Waals surface area contributed by atoms with Crippen molar-refractivity contribution >= 4 is 17.0 Å². The van der Waals surface area contributed by atoms with E-state index in [2.05, 4.69) is 9.97 Å². The summed E-state index contributed by atoms with van der Waals surface area (Å²) in [6.07, 6.45) is 1.42. The largest absolute Gasteiger partial charge is 0.478 e. The molecule has 0 aliphatic rings. The van der Waals surface area contributed by atoms with E-state index < -0.39 is 11.8 Å². The summed E-state index contributed by atoms with van der Waals surface area (Å²) in [5.74, 6) is -1.11. The Bertz CT molecular complexity index is 797. The molecule has 3 rings (SSSR count). The molecular formula is C16H13FN2O2. The smallest absolute Gasteiger partial charge is 0.338 e. The highest BCUT2D eigenvalue weighted by molar-refractivity contribution is 6.00. The van der Waals surface area contributed by atoms with E-state index in [-0.39, 0.29) is 5.56 Å². The minimum absolute atomic E-state index is 0.118. The second kappa shape index (κ2) is 5.36. The van der Waals surface area contributed by atoms with Gasteiger partial charge in [-0.05, 0) is 24.1 Å². The van der Waals surface area contributed by atoms with Crippen LogP contribution in [0.3, 0.4) is 0 Å². The number of fused-ring (bicyclic) bond motifs is 1. The lowest BCUT2D eigenvalue weighted by Crippen LogP contribution is -1.98. The number of H-pyrrole nitrogens is 1. The van der Waals surface area contributed by atoms with Crippen LogP contribution in [0, 0.1) is 5.82 Å². The van der Waals surface area contributed by atoms with Gasteiger partial charge in [0.1, 0.15) is 17.2 Å². The Balaban J connectivity index is 1.90. The predicted octanol–water partition coefficient (Wildman–Crippen LogP) is 3.19. The maximum atomic E-state index is 13.4. The zero-order chi connectivity index (χ0) is 14.8. The molecular weight excluding hydrogens is 271 g/mol. The van der Waals surface area contributed by atoms with Crippen molar-refractivity contribution in [3.63, 3.8) is 0 Å². The fourth-order valence-corrected chi connectivity index (χ4v) is 2.32. The van der Waals surface area contributed by atoms with Gasteiger partial charge >= 0.3 is 5.97 Å². The van der Waals surface area contributed by atoms with Crippen LogP contribution in [0.15, 0.2) is 42.5 Å². The summed E-state index contributed by atoms with van der Waals surface area (Å²) in [5, 5.41) is 9.10. The minimum atomic E-state index is -1.18. The van der Waals surface area contributed by atoms with Crippen LogP contribution in [0.25, 0.3) is 11.0 Å². The summed E-state index contributed by atoms with van der Waals surface area (Å²) in [5.41, 5.74) is 1.76. The Morgan fingerprint density at radius 1 is 1.19 bits per heavy atom. The van der Waals surface area contributed by atoms with Gasteiger partial charge in [0.25, 0.3) is 0 Å². The Labute approximate surface area is 120 Å². The van der Waals surface area contributed by atoms with Gasteiger partial charge in [-0.15, -0.1) is 0 Å². The third-order valence-electron chi connectivity index (χ3n) is 3.32. The number of hydrogen-bond donors (Lipinski definition) is 2. The van der Waals surface area contributed by atoms with Crippen LogP contribution >= 0.6 is 0 Å².